The highest BCUT2D eigenvalue weighted by molar-refractivity contribution is 7.89. The molecule has 172 valence electrons. The minimum atomic E-state index is -3.65. The van der Waals surface area contributed by atoms with Crippen LogP contribution < -0.4 is 14.5 Å². The number of fused-ring (bicyclic) bond motifs is 1. The van der Waals surface area contributed by atoms with Gasteiger partial charge in [0.1, 0.15) is 5.75 Å². The van der Waals surface area contributed by atoms with Gasteiger partial charge in [-0.15, -0.1) is 0 Å². The van der Waals surface area contributed by atoms with E-state index < -0.39 is 10.0 Å². The number of sulfonamides is 1. The van der Waals surface area contributed by atoms with E-state index in [9.17, 15) is 13.2 Å². The molecule has 0 aliphatic carbocycles. The van der Waals surface area contributed by atoms with Gasteiger partial charge < -0.3 is 14.5 Å². The molecule has 0 unspecified atom stereocenters. The largest absolute Gasteiger partial charge is 0.497 e. The monoisotopic (exact) mass is 457 g/mol. The Morgan fingerprint density at radius 1 is 0.938 bits per heavy atom. The average molecular weight is 458 g/mol. The number of hydrogen-bond acceptors (Lipinski definition) is 5. The Hall–Kier alpha value is -2.58. The van der Waals surface area contributed by atoms with E-state index in [-0.39, 0.29) is 10.8 Å². The molecule has 0 atom stereocenters. The fourth-order valence-electron chi connectivity index (χ4n) is 4.53. The Morgan fingerprint density at radius 3 is 2.34 bits per heavy atom. The summed E-state index contributed by atoms with van der Waals surface area (Å²) in [7, 11) is 0.988. The summed E-state index contributed by atoms with van der Waals surface area (Å²) in [5.74, 6) is 0.610. The Kier molecular flexibility index (Phi) is 6.44. The molecule has 0 bridgehead atoms. The molecule has 0 radical (unpaired) electrons. The van der Waals surface area contributed by atoms with Crippen molar-refractivity contribution in [3.63, 3.8) is 0 Å². The van der Waals surface area contributed by atoms with Crippen LogP contribution in [0.4, 0.5) is 11.4 Å². The van der Waals surface area contributed by atoms with Gasteiger partial charge in [-0.1, -0.05) is 0 Å². The number of amides is 1. The molecular weight excluding hydrogens is 426 g/mol. The molecule has 7 nitrogen and oxygen atoms in total. The third-order valence-electron chi connectivity index (χ3n) is 6.32. The molecule has 2 aliphatic heterocycles. The molecule has 1 amide bonds. The van der Waals surface area contributed by atoms with Crippen molar-refractivity contribution in [2.45, 2.75) is 37.0 Å². The van der Waals surface area contributed by atoms with Gasteiger partial charge in [0.2, 0.25) is 10.0 Å². The predicted molar refractivity (Wildman–Crippen MR) is 126 cm³/mol. The quantitative estimate of drug-likeness (QED) is 0.687. The SMILES string of the molecule is COc1ccc2c(c1)CCCN2C(=O)c1cc(S(=O)(=O)N(C)C)ccc1N1CCCCC1. The predicted octanol–water partition coefficient (Wildman–Crippen LogP) is 3.53. The smallest absolute Gasteiger partial charge is 0.260 e. The maximum atomic E-state index is 13.9. The summed E-state index contributed by atoms with van der Waals surface area (Å²) in [5, 5.41) is 0. The number of rotatable bonds is 5. The number of benzene rings is 2. The third kappa shape index (κ3) is 4.21. The van der Waals surface area contributed by atoms with Gasteiger partial charge in [0.05, 0.1) is 17.6 Å². The van der Waals surface area contributed by atoms with Gasteiger partial charge in [0.15, 0.2) is 0 Å². The van der Waals surface area contributed by atoms with E-state index in [0.29, 0.717) is 12.1 Å². The zero-order valence-corrected chi connectivity index (χ0v) is 19.8. The van der Waals surface area contributed by atoms with Gasteiger partial charge in [0, 0.05) is 45.1 Å². The number of piperidine rings is 1. The molecule has 4 rings (SSSR count). The van der Waals surface area contributed by atoms with Crippen LogP contribution in [0, 0.1) is 0 Å². The van der Waals surface area contributed by atoms with Gasteiger partial charge in [-0.2, -0.15) is 0 Å². The fraction of sp³-hybridized carbons (Fsp3) is 0.458. The first-order chi connectivity index (χ1) is 15.3. The number of carbonyl (C=O) groups excluding carboxylic acids is 1. The normalized spacial score (nSPS) is 16.8. The summed E-state index contributed by atoms with van der Waals surface area (Å²) >= 11 is 0. The summed E-state index contributed by atoms with van der Waals surface area (Å²) in [6.45, 7) is 2.34. The van der Waals surface area contributed by atoms with Crippen LogP contribution in [0.3, 0.4) is 0 Å². The van der Waals surface area contributed by atoms with Crippen LogP contribution in [0.15, 0.2) is 41.3 Å². The van der Waals surface area contributed by atoms with Crippen LogP contribution in [0.1, 0.15) is 41.6 Å². The van der Waals surface area contributed by atoms with Gasteiger partial charge in [-0.25, -0.2) is 12.7 Å². The second-order valence-electron chi connectivity index (χ2n) is 8.57. The van der Waals surface area contributed by atoms with Crippen LogP contribution in [0.2, 0.25) is 0 Å². The van der Waals surface area contributed by atoms with E-state index in [1.165, 1.54) is 24.8 Å². The summed E-state index contributed by atoms with van der Waals surface area (Å²) in [4.78, 5) is 18.0. The number of carbonyl (C=O) groups is 1. The van der Waals surface area contributed by atoms with Crippen molar-refractivity contribution in [1.29, 1.82) is 0 Å². The van der Waals surface area contributed by atoms with Crippen LogP contribution in [0.25, 0.3) is 0 Å². The zero-order valence-electron chi connectivity index (χ0n) is 19.0. The molecule has 2 aromatic carbocycles. The molecule has 1 saturated heterocycles. The van der Waals surface area contributed by atoms with E-state index in [1.807, 2.05) is 18.2 Å². The van der Waals surface area contributed by atoms with Crippen LogP contribution in [-0.4, -0.2) is 59.5 Å². The van der Waals surface area contributed by atoms with E-state index in [1.54, 1.807) is 30.2 Å². The lowest BCUT2D eigenvalue weighted by Crippen LogP contribution is -2.38. The molecule has 2 aliphatic rings. The van der Waals surface area contributed by atoms with Gasteiger partial charge >= 0.3 is 0 Å². The molecule has 0 N–H and O–H groups in total. The number of anilines is 2. The summed E-state index contributed by atoms with van der Waals surface area (Å²) in [6, 6.07) is 10.7. The lowest BCUT2D eigenvalue weighted by atomic mass is 9.99. The molecule has 0 spiro atoms. The third-order valence-corrected chi connectivity index (χ3v) is 8.14. The van der Waals surface area contributed by atoms with Crippen LogP contribution in [0.5, 0.6) is 5.75 Å². The molecule has 8 heteroatoms. The molecule has 0 saturated carbocycles. The number of aryl methyl sites for hydroxylation is 1. The highest BCUT2D eigenvalue weighted by atomic mass is 32.2. The maximum Gasteiger partial charge on any atom is 0.260 e. The van der Waals surface area contributed by atoms with Gasteiger partial charge in [0.25, 0.3) is 5.91 Å². The van der Waals surface area contributed by atoms with Gasteiger partial charge in [-0.05, 0) is 74.1 Å². The standard InChI is InChI=1S/C24H31N3O4S/c1-25(2)32(29,30)20-10-12-23(26-13-5-4-6-14-26)21(17-20)24(28)27-15-7-8-18-16-19(31-3)9-11-22(18)27/h9-12,16-17H,4-8,13-15H2,1-3H3. The van der Waals surface area contributed by atoms with E-state index in [2.05, 4.69) is 4.90 Å². The zero-order chi connectivity index (χ0) is 22.9. The molecular formula is C24H31N3O4S. The van der Waals surface area contributed by atoms with Crippen molar-refractivity contribution in [3.8, 4) is 5.75 Å². The lowest BCUT2D eigenvalue weighted by Gasteiger charge is -2.34. The summed E-state index contributed by atoms with van der Waals surface area (Å²) < 4.78 is 32.2. The van der Waals surface area contributed by atoms with Crippen molar-refractivity contribution in [2.75, 3.05) is 50.6 Å². The van der Waals surface area contributed by atoms with Crippen molar-refractivity contribution >= 4 is 27.3 Å². The number of ether oxygens (including phenoxy) is 1. The molecule has 32 heavy (non-hydrogen) atoms. The van der Waals surface area contributed by atoms with Crippen molar-refractivity contribution in [2.24, 2.45) is 0 Å². The van der Waals surface area contributed by atoms with E-state index >= 15 is 0 Å². The highest BCUT2D eigenvalue weighted by Crippen LogP contribution is 2.34. The first kappa shape index (κ1) is 22.6. The first-order valence-corrected chi connectivity index (χ1v) is 12.6. The number of nitrogens with zero attached hydrogens (tertiary/aromatic N) is 3. The van der Waals surface area contributed by atoms with Crippen LogP contribution in [-0.2, 0) is 16.4 Å². The fourth-order valence-corrected chi connectivity index (χ4v) is 5.45. The van der Waals surface area contributed by atoms with Crippen molar-refractivity contribution in [1.82, 2.24) is 4.31 Å². The van der Waals surface area contributed by atoms with Gasteiger partial charge in [-0.3, -0.25) is 4.79 Å². The van der Waals surface area contributed by atoms with Crippen molar-refractivity contribution in [3.05, 3.63) is 47.5 Å². The lowest BCUT2D eigenvalue weighted by molar-refractivity contribution is 0.0985. The second kappa shape index (κ2) is 9.11. The topological polar surface area (TPSA) is 70.2 Å². The highest BCUT2D eigenvalue weighted by Gasteiger charge is 2.29. The summed E-state index contributed by atoms with van der Waals surface area (Å²) in [5.41, 5.74) is 3.19. The number of methoxy groups -OCH3 is 1. The van der Waals surface area contributed by atoms with E-state index in [0.717, 1.165) is 61.5 Å². The average Bonchev–Trinajstić information content (AvgIpc) is 2.82. The summed E-state index contributed by atoms with van der Waals surface area (Å²) in [6.07, 6.45) is 5.04. The second-order valence-corrected chi connectivity index (χ2v) is 10.7. The Labute approximate surface area is 190 Å². The maximum absolute atomic E-state index is 13.9. The minimum absolute atomic E-state index is 0.138. The molecule has 1 fully saturated rings. The van der Waals surface area contributed by atoms with E-state index in [4.69, 9.17) is 4.74 Å². The van der Waals surface area contributed by atoms with Crippen molar-refractivity contribution < 1.29 is 17.9 Å². The minimum Gasteiger partial charge on any atom is -0.497 e. The molecule has 2 aromatic rings. The van der Waals surface area contributed by atoms with Crippen LogP contribution >= 0.6 is 0 Å². The molecule has 2 heterocycles. The Bertz CT molecular complexity index is 1110. The number of hydrogen-bond donors (Lipinski definition) is 0. The Morgan fingerprint density at radius 2 is 1.66 bits per heavy atom. The Balaban J connectivity index is 1.79. The molecule has 0 aromatic heterocycles. The first-order valence-electron chi connectivity index (χ1n) is 11.1.